The van der Waals surface area contributed by atoms with Crippen LogP contribution >= 0.6 is 0 Å². The molecule has 0 amide bonds. The van der Waals surface area contributed by atoms with E-state index in [2.05, 4.69) is 155 Å². The van der Waals surface area contributed by atoms with Gasteiger partial charge in [0, 0.05) is 57.0 Å². The van der Waals surface area contributed by atoms with Gasteiger partial charge in [-0.2, -0.15) is 0 Å². The van der Waals surface area contributed by atoms with E-state index in [1.54, 1.807) is 7.11 Å². The Morgan fingerprint density at radius 1 is 0.488 bits per heavy atom. The van der Waals surface area contributed by atoms with Crippen LogP contribution in [-0.4, -0.2) is 13.8 Å². The Balaban J connectivity index is 1.48. The van der Waals surface area contributed by atoms with E-state index in [0.29, 0.717) is 0 Å². The zero-order valence-electron chi connectivity index (χ0n) is 23.7. The molecule has 0 saturated heterocycles. The van der Waals surface area contributed by atoms with Crippen LogP contribution in [0, 0.1) is 0 Å². The van der Waals surface area contributed by atoms with Crippen molar-refractivity contribution >= 4 is 78.8 Å². The maximum Gasteiger partial charge on any atom is 0.252 e. The van der Waals surface area contributed by atoms with Crippen molar-refractivity contribution < 1.29 is 4.74 Å². The first-order valence-electron chi connectivity index (χ1n) is 14.8. The Morgan fingerprint density at radius 2 is 0.930 bits per heavy atom. The summed E-state index contributed by atoms with van der Waals surface area (Å²) >= 11 is 0. The average molecular weight is 550 g/mol. The molecule has 2 heterocycles. The molecule has 3 nitrogen and oxygen atoms in total. The molecule has 43 heavy (non-hydrogen) atoms. The zero-order valence-corrected chi connectivity index (χ0v) is 23.7. The van der Waals surface area contributed by atoms with Gasteiger partial charge in [-0.3, -0.25) is 0 Å². The van der Waals surface area contributed by atoms with Crippen LogP contribution in [0.25, 0.3) is 21.5 Å². The molecule has 2 aliphatic rings. The van der Waals surface area contributed by atoms with Gasteiger partial charge in [-0.05, 0) is 51.4 Å². The van der Waals surface area contributed by atoms with Gasteiger partial charge in [0.25, 0.3) is 6.71 Å². The summed E-state index contributed by atoms with van der Waals surface area (Å²) in [5.74, 6) is 0.835. The minimum Gasteiger partial charge on any atom is -0.497 e. The summed E-state index contributed by atoms with van der Waals surface area (Å²) in [5, 5.41) is 4.95. The fourth-order valence-electron chi connectivity index (χ4n) is 7.30. The largest absolute Gasteiger partial charge is 0.497 e. The molecule has 0 spiro atoms. The monoisotopic (exact) mass is 550 g/mol. The molecule has 0 aromatic heterocycles. The second-order valence-electron chi connectivity index (χ2n) is 11.3. The number of para-hydroxylation sites is 2. The topological polar surface area (TPSA) is 15.7 Å². The fraction of sp³-hybridized carbons (Fsp3) is 0.0256. The smallest absolute Gasteiger partial charge is 0.252 e. The number of methoxy groups -OCH3 is 1. The van der Waals surface area contributed by atoms with Gasteiger partial charge in [-0.15, -0.1) is 0 Å². The SMILES string of the molecule is COc1cc2c3c(c1)N(c1ccccc1)c1c(ccc4ccccc14)B3c1ccc3ccccc3c1N2c1ccccc1. The lowest BCUT2D eigenvalue weighted by Crippen LogP contribution is -2.61. The predicted molar refractivity (Wildman–Crippen MR) is 182 cm³/mol. The van der Waals surface area contributed by atoms with E-state index in [1.807, 2.05) is 0 Å². The number of hydrogen-bond donors (Lipinski definition) is 0. The number of hydrogen-bond acceptors (Lipinski definition) is 3. The summed E-state index contributed by atoms with van der Waals surface area (Å²) in [6.07, 6.45) is 0. The Morgan fingerprint density at radius 3 is 1.40 bits per heavy atom. The molecule has 4 heteroatoms. The molecule has 202 valence electrons. The van der Waals surface area contributed by atoms with Crippen molar-refractivity contribution in [3.05, 3.63) is 146 Å². The van der Waals surface area contributed by atoms with Crippen molar-refractivity contribution in [1.29, 1.82) is 0 Å². The first kappa shape index (κ1) is 24.2. The van der Waals surface area contributed by atoms with Crippen molar-refractivity contribution in [2.45, 2.75) is 0 Å². The molecule has 9 rings (SSSR count). The maximum atomic E-state index is 6.05. The highest BCUT2D eigenvalue weighted by Gasteiger charge is 2.44. The second-order valence-corrected chi connectivity index (χ2v) is 11.3. The summed E-state index contributed by atoms with van der Waals surface area (Å²) in [7, 11) is 1.77. The van der Waals surface area contributed by atoms with E-state index < -0.39 is 0 Å². The molecule has 0 radical (unpaired) electrons. The number of rotatable bonds is 3. The Bertz CT molecular complexity index is 2040. The van der Waals surface area contributed by atoms with Crippen LogP contribution in [0.15, 0.2) is 146 Å². The summed E-state index contributed by atoms with van der Waals surface area (Å²) in [5.41, 5.74) is 10.9. The Kier molecular flexibility index (Phi) is 5.21. The molecule has 0 bridgehead atoms. The third-order valence-corrected chi connectivity index (χ3v) is 9.08. The number of ether oxygens (including phenoxy) is 1. The number of anilines is 6. The van der Waals surface area contributed by atoms with E-state index in [1.165, 1.54) is 49.3 Å². The molecule has 2 aliphatic heterocycles. The first-order chi connectivity index (χ1) is 21.3. The van der Waals surface area contributed by atoms with Gasteiger partial charge in [-0.1, -0.05) is 109 Å². The first-order valence-corrected chi connectivity index (χ1v) is 14.8. The number of benzene rings is 7. The summed E-state index contributed by atoms with van der Waals surface area (Å²) in [6, 6.07) is 52.7. The predicted octanol–water partition coefficient (Wildman–Crippen LogP) is 8.08. The van der Waals surface area contributed by atoms with Gasteiger partial charge in [0.05, 0.1) is 7.11 Å². The molecule has 7 aromatic carbocycles. The van der Waals surface area contributed by atoms with Crippen LogP contribution < -0.4 is 30.9 Å². The maximum absolute atomic E-state index is 6.05. The molecule has 7 aromatic rings. The van der Waals surface area contributed by atoms with Crippen LogP contribution in [0.4, 0.5) is 34.1 Å². The highest BCUT2D eigenvalue weighted by Crippen LogP contribution is 2.48. The van der Waals surface area contributed by atoms with Crippen LogP contribution in [-0.2, 0) is 0 Å². The molecule has 0 unspecified atom stereocenters. The second kappa shape index (κ2) is 9.27. The standard InChI is InChI=1S/C39H27BN2O/c1-43-30-24-35-37-36(25-30)42(29-16-6-3-7-17-29)39-32-19-11-9-13-27(32)21-23-34(39)40(37)33-22-20-26-12-8-10-18-31(26)38(33)41(35)28-14-4-2-5-15-28/h2-25H,1H3. The quantitative estimate of drug-likeness (QED) is 0.207. The van der Waals surface area contributed by atoms with Crippen LogP contribution in [0.2, 0.25) is 0 Å². The molecule has 0 atom stereocenters. The summed E-state index contributed by atoms with van der Waals surface area (Å²) < 4.78 is 6.05. The van der Waals surface area contributed by atoms with Crippen molar-refractivity contribution in [2.24, 2.45) is 0 Å². The molecule has 0 saturated carbocycles. The minimum absolute atomic E-state index is 0.0510. The Labute approximate surface area is 251 Å². The Hall–Kier alpha value is -5.48. The molecule has 0 aliphatic carbocycles. The molecular formula is C39H27BN2O. The van der Waals surface area contributed by atoms with Crippen molar-refractivity contribution in [1.82, 2.24) is 0 Å². The van der Waals surface area contributed by atoms with Crippen LogP contribution in [0.5, 0.6) is 5.75 Å². The van der Waals surface area contributed by atoms with Gasteiger partial charge in [0.1, 0.15) is 5.75 Å². The number of nitrogens with zero attached hydrogens (tertiary/aromatic N) is 2. The normalized spacial score (nSPS) is 13.1. The molecule has 0 N–H and O–H groups in total. The van der Waals surface area contributed by atoms with Crippen molar-refractivity contribution in [2.75, 3.05) is 16.9 Å². The fourth-order valence-corrected chi connectivity index (χ4v) is 7.30. The third kappa shape index (κ3) is 3.44. The third-order valence-electron chi connectivity index (χ3n) is 9.08. The van der Waals surface area contributed by atoms with E-state index >= 15 is 0 Å². The van der Waals surface area contributed by atoms with Gasteiger partial charge in [0.2, 0.25) is 0 Å². The summed E-state index contributed by atoms with van der Waals surface area (Å²) in [4.78, 5) is 4.90. The lowest BCUT2D eigenvalue weighted by molar-refractivity contribution is 0.415. The van der Waals surface area contributed by atoms with Gasteiger partial charge in [0.15, 0.2) is 0 Å². The van der Waals surface area contributed by atoms with Gasteiger partial charge in [-0.25, -0.2) is 0 Å². The van der Waals surface area contributed by atoms with Crippen LogP contribution in [0.1, 0.15) is 0 Å². The van der Waals surface area contributed by atoms with Gasteiger partial charge < -0.3 is 14.5 Å². The van der Waals surface area contributed by atoms with E-state index in [9.17, 15) is 0 Å². The van der Waals surface area contributed by atoms with Crippen LogP contribution in [0.3, 0.4) is 0 Å². The lowest BCUT2D eigenvalue weighted by atomic mass is 9.33. The zero-order chi connectivity index (χ0) is 28.5. The minimum atomic E-state index is 0.0510. The molecule has 0 fully saturated rings. The number of fused-ring (bicyclic) bond motifs is 8. The van der Waals surface area contributed by atoms with E-state index in [4.69, 9.17) is 4.74 Å². The van der Waals surface area contributed by atoms with Crippen molar-refractivity contribution in [3.63, 3.8) is 0 Å². The molecular weight excluding hydrogens is 523 g/mol. The summed E-state index contributed by atoms with van der Waals surface area (Å²) in [6.45, 7) is 0.0510. The lowest BCUT2D eigenvalue weighted by Gasteiger charge is -2.45. The highest BCUT2D eigenvalue weighted by molar-refractivity contribution is 7.00. The highest BCUT2D eigenvalue weighted by atomic mass is 16.5. The van der Waals surface area contributed by atoms with E-state index in [-0.39, 0.29) is 6.71 Å². The van der Waals surface area contributed by atoms with E-state index in [0.717, 1.165) is 28.5 Å². The van der Waals surface area contributed by atoms with Gasteiger partial charge >= 0.3 is 0 Å². The average Bonchev–Trinajstić information content (AvgIpc) is 3.08. The van der Waals surface area contributed by atoms with Crippen molar-refractivity contribution in [3.8, 4) is 5.75 Å².